The summed E-state index contributed by atoms with van der Waals surface area (Å²) in [6.45, 7) is 4.89. The maximum absolute atomic E-state index is 12.4. The number of para-hydroxylation sites is 1. The van der Waals surface area contributed by atoms with Gasteiger partial charge in [-0.1, -0.05) is 36.8 Å². The van der Waals surface area contributed by atoms with E-state index in [0.717, 1.165) is 5.56 Å². The first kappa shape index (κ1) is 20.7. The van der Waals surface area contributed by atoms with E-state index >= 15 is 0 Å². The molecule has 0 saturated carbocycles. The number of nitrogens with one attached hydrogen (secondary N) is 2. The molecule has 0 fully saturated rings. The average molecular weight is 362 g/mol. The fourth-order valence-electron chi connectivity index (χ4n) is 2.22. The number of halogens is 1. The van der Waals surface area contributed by atoms with Crippen LogP contribution in [0.25, 0.3) is 0 Å². The normalized spacial score (nSPS) is 11.2. The fourth-order valence-corrected chi connectivity index (χ4v) is 2.22. The summed E-state index contributed by atoms with van der Waals surface area (Å²) in [5, 5.41) is 5.65. The zero-order valence-corrected chi connectivity index (χ0v) is 15.2. The highest BCUT2D eigenvalue weighted by Gasteiger charge is 2.14. The predicted octanol–water partition coefficient (Wildman–Crippen LogP) is 2.99. The van der Waals surface area contributed by atoms with E-state index < -0.39 is 0 Å². The molecule has 2 amide bonds. The SMILES string of the molecule is Cc1cccc(C(=O)Nc2ccccc2C(=O)NCC(C)CN)c1.Cl. The number of carbonyl (C=O) groups excluding carboxylic acids is 2. The standard InChI is InChI=1S/C19H23N3O2.ClH/c1-13-6-5-7-15(10-13)18(23)22-17-9-4-3-8-16(17)19(24)21-12-14(2)11-20;/h3-10,14H,11-12,20H2,1-2H3,(H,21,24)(H,22,23);1H. The van der Waals surface area contributed by atoms with Gasteiger partial charge in [0, 0.05) is 12.1 Å². The Labute approximate surface area is 154 Å². The number of hydrogen-bond acceptors (Lipinski definition) is 3. The van der Waals surface area contributed by atoms with Crippen molar-refractivity contribution in [3.8, 4) is 0 Å². The molecule has 0 aliphatic heterocycles. The van der Waals surface area contributed by atoms with Gasteiger partial charge in [-0.3, -0.25) is 9.59 Å². The Kier molecular flexibility index (Phi) is 8.11. The van der Waals surface area contributed by atoms with Gasteiger partial charge in [-0.05, 0) is 43.7 Å². The van der Waals surface area contributed by atoms with Crippen LogP contribution in [0.4, 0.5) is 5.69 Å². The Hall–Kier alpha value is -2.37. The van der Waals surface area contributed by atoms with Crippen LogP contribution < -0.4 is 16.4 Å². The first-order valence-electron chi connectivity index (χ1n) is 7.96. The fraction of sp³-hybridized carbons (Fsp3) is 0.263. The number of hydrogen-bond donors (Lipinski definition) is 3. The first-order chi connectivity index (χ1) is 11.5. The second-order valence-corrected chi connectivity index (χ2v) is 5.92. The van der Waals surface area contributed by atoms with Gasteiger partial charge in [0.25, 0.3) is 11.8 Å². The van der Waals surface area contributed by atoms with Gasteiger partial charge in [-0.15, -0.1) is 12.4 Å². The molecule has 0 spiro atoms. The summed E-state index contributed by atoms with van der Waals surface area (Å²) in [7, 11) is 0. The van der Waals surface area contributed by atoms with Gasteiger partial charge in [0.15, 0.2) is 0 Å². The summed E-state index contributed by atoms with van der Waals surface area (Å²) in [5.74, 6) is -0.271. The Bertz CT molecular complexity index is 734. The third-order valence-corrected chi connectivity index (χ3v) is 3.71. The molecule has 2 aromatic carbocycles. The topological polar surface area (TPSA) is 84.2 Å². The van der Waals surface area contributed by atoms with E-state index in [1.165, 1.54) is 0 Å². The van der Waals surface area contributed by atoms with Crippen LogP contribution in [-0.2, 0) is 0 Å². The lowest BCUT2D eigenvalue weighted by molar-refractivity contribution is 0.0949. The minimum Gasteiger partial charge on any atom is -0.352 e. The van der Waals surface area contributed by atoms with Crippen molar-refractivity contribution in [3.63, 3.8) is 0 Å². The van der Waals surface area contributed by atoms with Crippen molar-refractivity contribution in [2.24, 2.45) is 11.7 Å². The monoisotopic (exact) mass is 361 g/mol. The van der Waals surface area contributed by atoms with Crippen molar-refractivity contribution >= 4 is 29.9 Å². The molecule has 25 heavy (non-hydrogen) atoms. The van der Waals surface area contributed by atoms with Gasteiger partial charge in [0.2, 0.25) is 0 Å². The van der Waals surface area contributed by atoms with Gasteiger partial charge in [-0.25, -0.2) is 0 Å². The number of aryl methyl sites for hydroxylation is 1. The van der Waals surface area contributed by atoms with Crippen molar-refractivity contribution in [2.45, 2.75) is 13.8 Å². The minimum atomic E-state index is -0.241. The summed E-state index contributed by atoms with van der Waals surface area (Å²) in [4.78, 5) is 24.7. The maximum atomic E-state index is 12.4. The molecule has 0 aromatic heterocycles. The minimum absolute atomic E-state index is 0. The number of benzene rings is 2. The molecule has 0 radical (unpaired) electrons. The Morgan fingerprint density at radius 1 is 1.08 bits per heavy atom. The van der Waals surface area contributed by atoms with E-state index in [4.69, 9.17) is 5.73 Å². The highest BCUT2D eigenvalue weighted by atomic mass is 35.5. The predicted molar refractivity (Wildman–Crippen MR) is 103 cm³/mol. The van der Waals surface area contributed by atoms with Gasteiger partial charge < -0.3 is 16.4 Å². The highest BCUT2D eigenvalue weighted by molar-refractivity contribution is 6.09. The molecule has 2 aromatic rings. The van der Waals surface area contributed by atoms with E-state index in [-0.39, 0.29) is 30.1 Å². The van der Waals surface area contributed by atoms with Crippen LogP contribution >= 0.6 is 12.4 Å². The van der Waals surface area contributed by atoms with Crippen LogP contribution in [0.1, 0.15) is 33.2 Å². The third kappa shape index (κ3) is 5.89. The Morgan fingerprint density at radius 2 is 1.80 bits per heavy atom. The second-order valence-electron chi connectivity index (χ2n) is 5.92. The van der Waals surface area contributed by atoms with Crippen molar-refractivity contribution in [2.75, 3.05) is 18.4 Å². The highest BCUT2D eigenvalue weighted by Crippen LogP contribution is 2.16. The van der Waals surface area contributed by atoms with E-state index in [1.54, 1.807) is 36.4 Å². The number of amides is 2. The molecular formula is C19H24ClN3O2. The van der Waals surface area contributed by atoms with Gasteiger partial charge in [-0.2, -0.15) is 0 Å². The molecule has 0 aliphatic carbocycles. The molecule has 2 rings (SSSR count). The van der Waals surface area contributed by atoms with Crippen molar-refractivity contribution < 1.29 is 9.59 Å². The molecule has 4 N–H and O–H groups in total. The second kappa shape index (κ2) is 9.81. The van der Waals surface area contributed by atoms with Crippen LogP contribution in [0.3, 0.4) is 0 Å². The average Bonchev–Trinajstić information content (AvgIpc) is 2.59. The van der Waals surface area contributed by atoms with E-state index in [9.17, 15) is 9.59 Å². The van der Waals surface area contributed by atoms with Gasteiger partial charge >= 0.3 is 0 Å². The van der Waals surface area contributed by atoms with Crippen LogP contribution in [0.5, 0.6) is 0 Å². The summed E-state index contributed by atoms with van der Waals surface area (Å²) in [6.07, 6.45) is 0. The Morgan fingerprint density at radius 3 is 2.48 bits per heavy atom. The lowest BCUT2D eigenvalue weighted by Gasteiger charge is -2.13. The zero-order valence-electron chi connectivity index (χ0n) is 14.4. The van der Waals surface area contributed by atoms with Crippen molar-refractivity contribution in [3.05, 3.63) is 65.2 Å². The molecule has 6 heteroatoms. The smallest absolute Gasteiger partial charge is 0.255 e. The van der Waals surface area contributed by atoms with Crippen molar-refractivity contribution in [1.29, 1.82) is 0 Å². The maximum Gasteiger partial charge on any atom is 0.255 e. The number of anilines is 1. The van der Waals surface area contributed by atoms with E-state index in [2.05, 4.69) is 10.6 Å². The Balaban J connectivity index is 0.00000312. The molecule has 5 nitrogen and oxygen atoms in total. The van der Waals surface area contributed by atoms with E-state index in [0.29, 0.717) is 29.9 Å². The van der Waals surface area contributed by atoms with Gasteiger partial charge in [0.1, 0.15) is 0 Å². The summed E-state index contributed by atoms with van der Waals surface area (Å²) in [6, 6.07) is 14.3. The third-order valence-electron chi connectivity index (χ3n) is 3.71. The van der Waals surface area contributed by atoms with Crippen LogP contribution in [0, 0.1) is 12.8 Å². The molecule has 1 unspecified atom stereocenters. The largest absolute Gasteiger partial charge is 0.352 e. The molecule has 0 bridgehead atoms. The number of nitrogens with two attached hydrogens (primary N) is 1. The molecule has 0 heterocycles. The van der Waals surface area contributed by atoms with E-state index in [1.807, 2.05) is 26.0 Å². The molecular weight excluding hydrogens is 338 g/mol. The summed E-state index contributed by atoms with van der Waals surface area (Å²) < 4.78 is 0. The van der Waals surface area contributed by atoms with Crippen LogP contribution in [0.15, 0.2) is 48.5 Å². The zero-order chi connectivity index (χ0) is 17.5. The molecule has 0 aliphatic rings. The number of rotatable bonds is 6. The van der Waals surface area contributed by atoms with Crippen molar-refractivity contribution in [1.82, 2.24) is 5.32 Å². The molecule has 1 atom stereocenters. The first-order valence-corrected chi connectivity index (χ1v) is 7.96. The van der Waals surface area contributed by atoms with Gasteiger partial charge in [0.05, 0.1) is 11.3 Å². The molecule has 134 valence electrons. The van der Waals surface area contributed by atoms with Crippen LogP contribution in [-0.4, -0.2) is 24.9 Å². The lowest BCUT2D eigenvalue weighted by atomic mass is 10.1. The van der Waals surface area contributed by atoms with Crippen LogP contribution in [0.2, 0.25) is 0 Å². The summed E-state index contributed by atoms with van der Waals surface area (Å²) in [5.41, 5.74) is 8.04. The quantitative estimate of drug-likeness (QED) is 0.739. The number of carbonyl (C=O) groups is 2. The molecule has 0 saturated heterocycles. The summed E-state index contributed by atoms with van der Waals surface area (Å²) >= 11 is 0. The lowest BCUT2D eigenvalue weighted by Crippen LogP contribution is -2.31.